The topological polar surface area (TPSA) is 147 Å². The molecule has 0 bridgehead atoms. The monoisotopic (exact) mass is 746 g/mol. The number of β-amino-alcohol motifs (C(OH)–C–C–N with tert-alkyl or cyclic N) is 1. The Morgan fingerprint density at radius 3 is 2.67 bits per heavy atom. The summed E-state index contributed by atoms with van der Waals surface area (Å²) in [4.78, 5) is 40.0. The zero-order valence-corrected chi connectivity index (χ0v) is 29.2. The first kappa shape index (κ1) is 36.5. The first-order valence-corrected chi connectivity index (χ1v) is 16.9. The van der Waals surface area contributed by atoms with Crippen LogP contribution in [0.3, 0.4) is 0 Å². The van der Waals surface area contributed by atoms with Gasteiger partial charge in [-0.3, -0.25) is 19.5 Å². The van der Waals surface area contributed by atoms with E-state index in [1.165, 1.54) is 12.0 Å². The molecule has 1 saturated heterocycles. The fourth-order valence-corrected chi connectivity index (χ4v) is 6.82. The van der Waals surface area contributed by atoms with Gasteiger partial charge >= 0.3 is 6.18 Å². The van der Waals surface area contributed by atoms with Crippen LogP contribution in [0.2, 0.25) is 10.0 Å². The van der Waals surface area contributed by atoms with Gasteiger partial charge in [0.1, 0.15) is 0 Å². The predicted octanol–water partition coefficient (Wildman–Crippen LogP) is 4.76. The van der Waals surface area contributed by atoms with Crippen LogP contribution in [0.15, 0.2) is 42.6 Å². The number of aromatic nitrogens is 4. The van der Waals surface area contributed by atoms with Crippen LogP contribution in [0.5, 0.6) is 5.88 Å². The molecule has 0 spiro atoms. The van der Waals surface area contributed by atoms with Crippen molar-refractivity contribution in [3.05, 3.63) is 75.4 Å². The average Bonchev–Trinajstić information content (AvgIpc) is 3.67. The van der Waals surface area contributed by atoms with Crippen molar-refractivity contribution >= 4 is 40.7 Å². The number of alkyl halides is 3. The molecular formula is C34H35Cl2F3N8O4. The van der Waals surface area contributed by atoms with Crippen LogP contribution in [0.1, 0.15) is 40.4 Å². The first-order chi connectivity index (χ1) is 24.3. The Labute approximate surface area is 301 Å². The highest BCUT2D eigenvalue weighted by atomic mass is 35.5. The number of amides is 2. The quantitative estimate of drug-likeness (QED) is 0.171. The second-order valence-electron chi connectivity index (χ2n) is 12.4. The number of halogens is 5. The van der Waals surface area contributed by atoms with Crippen molar-refractivity contribution in [3.63, 3.8) is 0 Å². The Balaban J connectivity index is 1.18. The second-order valence-corrected chi connectivity index (χ2v) is 13.1. The number of nitrogens with one attached hydrogen (secondary N) is 3. The summed E-state index contributed by atoms with van der Waals surface area (Å²) in [6.07, 6.45) is -3.95. The molecule has 2 atom stereocenters. The van der Waals surface area contributed by atoms with Crippen LogP contribution < -0.4 is 20.7 Å². The van der Waals surface area contributed by atoms with E-state index in [1.807, 2.05) is 12.1 Å². The van der Waals surface area contributed by atoms with Crippen molar-refractivity contribution in [1.82, 2.24) is 35.1 Å². The van der Waals surface area contributed by atoms with Crippen LogP contribution in [-0.4, -0.2) is 86.4 Å². The summed E-state index contributed by atoms with van der Waals surface area (Å²) in [5, 5.41) is 19.0. The molecule has 12 nitrogen and oxygen atoms in total. The van der Waals surface area contributed by atoms with Crippen LogP contribution in [0.25, 0.3) is 22.5 Å². The minimum atomic E-state index is -4.73. The van der Waals surface area contributed by atoms with E-state index in [-0.39, 0.29) is 46.6 Å². The molecule has 3 aromatic heterocycles. The van der Waals surface area contributed by atoms with E-state index in [9.17, 15) is 27.9 Å². The summed E-state index contributed by atoms with van der Waals surface area (Å²) < 4.78 is 45.9. The molecule has 0 saturated carbocycles. The minimum Gasteiger partial charge on any atom is -0.481 e. The lowest BCUT2D eigenvalue weighted by Crippen LogP contribution is -2.43. The molecule has 1 fully saturated rings. The molecule has 2 aliphatic rings. The Kier molecular flexibility index (Phi) is 10.8. The van der Waals surface area contributed by atoms with Gasteiger partial charge in [-0.15, -0.1) is 0 Å². The normalized spacial score (nSPS) is 16.9. The van der Waals surface area contributed by atoms with Crippen molar-refractivity contribution in [3.8, 4) is 28.4 Å². The Bertz CT molecular complexity index is 1960. The number of imidazole rings is 1. The molecule has 4 aromatic rings. The van der Waals surface area contributed by atoms with Crippen LogP contribution in [0, 0.1) is 0 Å². The Hall–Kier alpha value is -4.28. The summed E-state index contributed by atoms with van der Waals surface area (Å²) in [6, 6.07) is 10.5. The lowest BCUT2D eigenvalue weighted by molar-refractivity contribution is -0.208. The summed E-state index contributed by atoms with van der Waals surface area (Å²) in [6.45, 7) is 0.850. The van der Waals surface area contributed by atoms with Crippen molar-refractivity contribution in [2.75, 3.05) is 32.1 Å². The summed E-state index contributed by atoms with van der Waals surface area (Å²) in [7, 11) is 3.20. The molecule has 1 aromatic carbocycles. The molecule has 1 unspecified atom stereocenters. The minimum absolute atomic E-state index is 0.0572. The zero-order valence-electron chi connectivity index (χ0n) is 27.7. The largest absolute Gasteiger partial charge is 0.481 e. The van der Waals surface area contributed by atoms with Gasteiger partial charge in [0, 0.05) is 87.2 Å². The highest BCUT2D eigenvalue weighted by Crippen LogP contribution is 2.40. The van der Waals surface area contributed by atoms with Gasteiger partial charge in [-0.25, -0.2) is 9.97 Å². The number of carbonyl (C=O) groups excluding carboxylic acids is 2. The molecule has 2 aliphatic heterocycles. The smallest absolute Gasteiger partial charge is 0.415 e. The molecule has 0 aliphatic carbocycles. The summed E-state index contributed by atoms with van der Waals surface area (Å²) >= 11 is 13.8. The van der Waals surface area contributed by atoms with Gasteiger partial charge in [0.05, 0.1) is 39.9 Å². The number of aliphatic hydroxyl groups excluding tert-OH is 1. The summed E-state index contributed by atoms with van der Waals surface area (Å²) in [5.74, 6) is -0.0405. The Morgan fingerprint density at radius 1 is 1.14 bits per heavy atom. The molecule has 270 valence electrons. The van der Waals surface area contributed by atoms with Crippen molar-refractivity contribution in [2.45, 2.75) is 50.7 Å². The van der Waals surface area contributed by atoms with E-state index >= 15 is 0 Å². The third-order valence-corrected chi connectivity index (χ3v) is 9.73. The van der Waals surface area contributed by atoms with Gasteiger partial charge in [0.2, 0.25) is 11.8 Å². The molecule has 4 N–H and O–H groups in total. The third kappa shape index (κ3) is 7.97. The summed E-state index contributed by atoms with van der Waals surface area (Å²) in [5.41, 5.74) is 4.21. The number of benzene rings is 1. The number of anilines is 1. The van der Waals surface area contributed by atoms with E-state index in [2.05, 4.69) is 30.9 Å². The fraction of sp³-hybridized carbons (Fsp3) is 0.382. The maximum absolute atomic E-state index is 13.4. The van der Waals surface area contributed by atoms with Crippen LogP contribution in [0.4, 0.5) is 18.9 Å². The number of hydrogen-bond acceptors (Lipinski definition) is 9. The van der Waals surface area contributed by atoms with Gasteiger partial charge in [-0.1, -0.05) is 41.4 Å². The number of fused-ring (bicyclic) bond motifs is 1. The van der Waals surface area contributed by atoms with E-state index < -0.39 is 24.7 Å². The number of hydrogen-bond donors (Lipinski definition) is 4. The number of carbonyl (C=O) groups is 2. The molecular weight excluding hydrogens is 712 g/mol. The lowest BCUT2D eigenvalue weighted by Gasteiger charge is -2.29. The van der Waals surface area contributed by atoms with E-state index in [4.69, 9.17) is 27.9 Å². The second kappa shape index (κ2) is 15.1. The van der Waals surface area contributed by atoms with Crippen molar-refractivity contribution in [1.29, 1.82) is 0 Å². The SMILES string of the molecule is COc1nc(-c2ccnc(-c3cccc(NC(=O)c4nc5c(n4C)CCN(CC(O)C(F)(F)F)C5)c3Cl)c2Cl)ccc1CNC[C@H]1CCC(=O)N1. The molecule has 5 heterocycles. The van der Waals surface area contributed by atoms with Gasteiger partial charge in [-0.05, 0) is 24.6 Å². The van der Waals surface area contributed by atoms with Crippen molar-refractivity contribution in [2.24, 2.45) is 7.05 Å². The number of methoxy groups -OCH3 is 1. The van der Waals surface area contributed by atoms with E-state index in [0.717, 1.165) is 17.7 Å². The standard InChI is InChI=1S/C34H35Cl2F3N8O4/c1-46-25-11-13-47(17-26(48)34(37,38)39)16-24(25)43-31(46)32(50)44-23-5-3-4-21(28(23)35)30-29(36)20(10-12-41-30)22-8-6-18(33(45-22)51-2)14-40-15-19-7-9-27(49)42-19/h3-6,8,10,12,19,26,40,48H,7,9,11,13-17H2,1-2H3,(H,42,49)(H,44,50)/t19-,26?/m1/s1. The highest BCUT2D eigenvalue weighted by molar-refractivity contribution is 6.39. The van der Waals surface area contributed by atoms with Gasteiger partial charge in [0.15, 0.2) is 11.9 Å². The number of ether oxygens (including phenoxy) is 1. The molecule has 0 radical (unpaired) electrons. The number of rotatable bonds is 11. The Morgan fingerprint density at radius 2 is 1.94 bits per heavy atom. The van der Waals surface area contributed by atoms with E-state index in [1.54, 1.807) is 42.1 Å². The third-order valence-electron chi connectivity index (χ3n) is 8.94. The molecule has 6 rings (SSSR count). The fourth-order valence-electron chi connectivity index (χ4n) is 6.25. The average molecular weight is 748 g/mol. The molecule has 2 amide bonds. The van der Waals surface area contributed by atoms with Gasteiger partial charge in [-0.2, -0.15) is 13.2 Å². The molecule has 17 heteroatoms. The zero-order chi connectivity index (χ0) is 36.4. The lowest BCUT2D eigenvalue weighted by atomic mass is 10.1. The first-order valence-electron chi connectivity index (χ1n) is 16.1. The van der Waals surface area contributed by atoms with Gasteiger partial charge < -0.3 is 30.4 Å². The number of nitrogens with zero attached hydrogens (tertiary/aromatic N) is 5. The molecule has 51 heavy (non-hydrogen) atoms. The van der Waals surface area contributed by atoms with E-state index in [0.29, 0.717) is 60.0 Å². The maximum Gasteiger partial charge on any atom is 0.415 e. The van der Waals surface area contributed by atoms with Crippen LogP contribution in [-0.2, 0) is 31.4 Å². The highest BCUT2D eigenvalue weighted by Gasteiger charge is 2.40. The maximum atomic E-state index is 13.4. The number of aliphatic hydroxyl groups is 1. The van der Waals surface area contributed by atoms with Crippen LogP contribution >= 0.6 is 23.2 Å². The van der Waals surface area contributed by atoms with Gasteiger partial charge in [0.25, 0.3) is 5.91 Å². The number of pyridine rings is 2. The van der Waals surface area contributed by atoms with Crippen molar-refractivity contribution < 1.29 is 32.6 Å². The predicted molar refractivity (Wildman–Crippen MR) is 185 cm³/mol.